The maximum absolute atomic E-state index is 12.3. The summed E-state index contributed by atoms with van der Waals surface area (Å²) < 4.78 is 5.56. The van der Waals surface area contributed by atoms with Crippen LogP contribution in [0.25, 0.3) is 0 Å². The van der Waals surface area contributed by atoms with Crippen LogP contribution in [0.15, 0.2) is 0 Å². The lowest BCUT2D eigenvalue weighted by Gasteiger charge is -2.40. The molecule has 0 aromatic carbocycles. The quantitative estimate of drug-likeness (QED) is 0.821. The van der Waals surface area contributed by atoms with Gasteiger partial charge in [-0.05, 0) is 19.8 Å². The first kappa shape index (κ1) is 15.8. The van der Waals surface area contributed by atoms with Gasteiger partial charge < -0.3 is 19.6 Å². The van der Waals surface area contributed by atoms with Crippen molar-refractivity contribution in [1.82, 2.24) is 9.80 Å². The third kappa shape index (κ3) is 4.70. The number of carbonyl (C=O) groups excluding carboxylic acids is 1. The minimum absolute atomic E-state index is 0.0348. The van der Waals surface area contributed by atoms with Crippen LogP contribution in [0.4, 0.5) is 4.79 Å². The van der Waals surface area contributed by atoms with Crippen molar-refractivity contribution in [2.75, 3.05) is 26.7 Å². The van der Waals surface area contributed by atoms with Gasteiger partial charge >= 0.3 is 12.0 Å². The van der Waals surface area contributed by atoms with E-state index in [-0.39, 0.29) is 24.6 Å². The van der Waals surface area contributed by atoms with E-state index in [2.05, 4.69) is 0 Å². The second kappa shape index (κ2) is 7.33. The monoisotopic (exact) mass is 272 g/mol. The number of urea groups is 1. The van der Waals surface area contributed by atoms with E-state index >= 15 is 0 Å². The van der Waals surface area contributed by atoms with Gasteiger partial charge in [0.15, 0.2) is 0 Å². The summed E-state index contributed by atoms with van der Waals surface area (Å²) >= 11 is 0. The molecule has 110 valence electrons. The predicted molar refractivity (Wildman–Crippen MR) is 71.1 cm³/mol. The molecule has 1 fully saturated rings. The number of carbonyl (C=O) groups is 2. The summed E-state index contributed by atoms with van der Waals surface area (Å²) in [5.41, 5.74) is 0. The first-order valence-corrected chi connectivity index (χ1v) is 6.80. The van der Waals surface area contributed by atoms with Crippen LogP contribution in [0.5, 0.6) is 0 Å². The minimum atomic E-state index is -0.827. The van der Waals surface area contributed by atoms with Crippen molar-refractivity contribution in [1.29, 1.82) is 0 Å². The first-order chi connectivity index (χ1) is 8.95. The molecular formula is C13H24N2O4. The molecule has 2 atom stereocenters. The highest BCUT2D eigenvalue weighted by Crippen LogP contribution is 2.16. The van der Waals surface area contributed by atoms with Crippen LogP contribution in [0.2, 0.25) is 0 Å². The zero-order valence-corrected chi connectivity index (χ0v) is 12.0. The van der Waals surface area contributed by atoms with Gasteiger partial charge in [0.1, 0.15) is 0 Å². The Morgan fingerprint density at radius 2 is 2.16 bits per heavy atom. The number of morpholine rings is 1. The highest BCUT2D eigenvalue weighted by Gasteiger charge is 2.30. The Hall–Kier alpha value is -1.30. The van der Waals surface area contributed by atoms with Gasteiger partial charge in [-0.3, -0.25) is 4.79 Å². The van der Waals surface area contributed by atoms with Crippen LogP contribution in [-0.2, 0) is 9.53 Å². The Bertz CT molecular complexity index is 322. The zero-order chi connectivity index (χ0) is 14.4. The van der Waals surface area contributed by atoms with Crippen LogP contribution in [-0.4, -0.2) is 65.8 Å². The van der Waals surface area contributed by atoms with Gasteiger partial charge in [0.2, 0.25) is 0 Å². The molecule has 0 radical (unpaired) electrons. The number of nitrogens with zero attached hydrogens (tertiary/aromatic N) is 2. The molecule has 1 rings (SSSR count). The predicted octanol–water partition coefficient (Wildman–Crippen LogP) is 1.40. The summed E-state index contributed by atoms with van der Waals surface area (Å²) in [6.07, 6.45) is 1.49. The Labute approximate surface area is 114 Å². The molecule has 2 unspecified atom stereocenters. The van der Waals surface area contributed by atoms with Gasteiger partial charge in [0.25, 0.3) is 0 Å². The average molecular weight is 272 g/mol. The number of amides is 2. The van der Waals surface area contributed by atoms with E-state index in [0.717, 1.165) is 6.42 Å². The number of rotatable bonds is 5. The number of hydrogen-bond donors (Lipinski definition) is 1. The topological polar surface area (TPSA) is 70.1 Å². The van der Waals surface area contributed by atoms with E-state index in [1.54, 1.807) is 11.9 Å². The standard InChI is InChI=1S/C13H24N2O4/c1-4-11-9-19-10(2)8-15(11)13(18)14(3)7-5-6-12(16)17/h10-11H,4-9H2,1-3H3,(H,16,17). The molecule has 0 aromatic rings. The minimum Gasteiger partial charge on any atom is -0.481 e. The normalized spacial score (nSPS) is 23.2. The van der Waals surface area contributed by atoms with Crippen LogP contribution in [0, 0.1) is 0 Å². The van der Waals surface area contributed by atoms with E-state index in [9.17, 15) is 9.59 Å². The smallest absolute Gasteiger partial charge is 0.320 e. The largest absolute Gasteiger partial charge is 0.481 e. The maximum atomic E-state index is 12.3. The second-order valence-electron chi connectivity index (χ2n) is 5.06. The average Bonchev–Trinajstić information content (AvgIpc) is 2.37. The molecule has 0 aromatic heterocycles. The Kier molecular flexibility index (Phi) is 6.08. The fourth-order valence-corrected chi connectivity index (χ4v) is 2.20. The van der Waals surface area contributed by atoms with Gasteiger partial charge in [-0.15, -0.1) is 0 Å². The number of hydrogen-bond acceptors (Lipinski definition) is 3. The van der Waals surface area contributed by atoms with Gasteiger partial charge in [0.05, 0.1) is 18.8 Å². The summed E-state index contributed by atoms with van der Waals surface area (Å²) in [5, 5.41) is 8.60. The molecule has 6 heteroatoms. The summed E-state index contributed by atoms with van der Waals surface area (Å²) in [6.45, 7) is 5.63. The maximum Gasteiger partial charge on any atom is 0.320 e. The molecule has 1 aliphatic rings. The van der Waals surface area contributed by atoms with E-state index in [1.165, 1.54) is 0 Å². The lowest BCUT2D eigenvalue weighted by molar-refractivity contribution is -0.137. The molecule has 1 saturated heterocycles. The molecule has 0 saturated carbocycles. The fraction of sp³-hybridized carbons (Fsp3) is 0.846. The SMILES string of the molecule is CCC1COC(C)CN1C(=O)N(C)CCCC(=O)O. The lowest BCUT2D eigenvalue weighted by atomic mass is 10.1. The molecule has 1 aliphatic heterocycles. The van der Waals surface area contributed by atoms with Crippen molar-refractivity contribution < 1.29 is 19.4 Å². The van der Waals surface area contributed by atoms with Crippen LogP contribution in [0.3, 0.4) is 0 Å². The molecule has 0 spiro atoms. The first-order valence-electron chi connectivity index (χ1n) is 6.80. The van der Waals surface area contributed by atoms with E-state index < -0.39 is 5.97 Å². The third-order valence-corrected chi connectivity index (χ3v) is 3.40. The zero-order valence-electron chi connectivity index (χ0n) is 12.0. The molecule has 0 bridgehead atoms. The van der Waals surface area contributed by atoms with Gasteiger partial charge in [0, 0.05) is 26.6 Å². The molecule has 19 heavy (non-hydrogen) atoms. The van der Waals surface area contributed by atoms with Crippen molar-refractivity contribution in [3.63, 3.8) is 0 Å². The highest BCUT2D eigenvalue weighted by atomic mass is 16.5. The molecule has 2 amide bonds. The fourth-order valence-electron chi connectivity index (χ4n) is 2.20. The van der Waals surface area contributed by atoms with E-state index in [4.69, 9.17) is 9.84 Å². The van der Waals surface area contributed by atoms with Crippen LogP contribution in [0.1, 0.15) is 33.1 Å². The summed E-state index contributed by atoms with van der Waals surface area (Å²) in [7, 11) is 1.72. The van der Waals surface area contributed by atoms with E-state index in [1.807, 2.05) is 18.7 Å². The molecule has 1 heterocycles. The lowest BCUT2D eigenvalue weighted by Crippen LogP contribution is -2.54. The molecule has 6 nitrogen and oxygen atoms in total. The van der Waals surface area contributed by atoms with Gasteiger partial charge in [-0.25, -0.2) is 4.79 Å². The number of ether oxygens (including phenoxy) is 1. The van der Waals surface area contributed by atoms with E-state index in [0.29, 0.717) is 26.1 Å². The molecule has 1 N–H and O–H groups in total. The number of carboxylic acid groups (broad SMARTS) is 1. The van der Waals surface area contributed by atoms with Gasteiger partial charge in [-0.2, -0.15) is 0 Å². The summed E-state index contributed by atoms with van der Waals surface area (Å²) in [6, 6.07) is 0.0815. The highest BCUT2D eigenvalue weighted by molar-refractivity contribution is 5.74. The molecule has 0 aliphatic carbocycles. The Morgan fingerprint density at radius 3 is 2.74 bits per heavy atom. The summed E-state index contributed by atoms with van der Waals surface area (Å²) in [5.74, 6) is -0.827. The van der Waals surface area contributed by atoms with Crippen LogP contribution >= 0.6 is 0 Å². The Balaban J connectivity index is 2.50. The van der Waals surface area contributed by atoms with Crippen molar-refractivity contribution in [3.8, 4) is 0 Å². The van der Waals surface area contributed by atoms with Crippen LogP contribution < -0.4 is 0 Å². The number of carboxylic acids is 1. The Morgan fingerprint density at radius 1 is 1.47 bits per heavy atom. The molecular weight excluding hydrogens is 248 g/mol. The van der Waals surface area contributed by atoms with Crippen molar-refractivity contribution >= 4 is 12.0 Å². The van der Waals surface area contributed by atoms with Gasteiger partial charge in [-0.1, -0.05) is 6.92 Å². The number of aliphatic carboxylic acids is 1. The van der Waals surface area contributed by atoms with Crippen molar-refractivity contribution in [3.05, 3.63) is 0 Å². The summed E-state index contributed by atoms with van der Waals surface area (Å²) in [4.78, 5) is 26.2. The second-order valence-corrected chi connectivity index (χ2v) is 5.06. The van der Waals surface area contributed by atoms with Crippen molar-refractivity contribution in [2.45, 2.75) is 45.3 Å². The third-order valence-electron chi connectivity index (χ3n) is 3.40. The van der Waals surface area contributed by atoms with Crippen molar-refractivity contribution in [2.24, 2.45) is 0 Å².